The third kappa shape index (κ3) is 8.04. The second-order valence-electron chi connectivity index (χ2n) is 9.97. The second kappa shape index (κ2) is 15.0. The van der Waals surface area contributed by atoms with Crippen molar-refractivity contribution in [2.75, 3.05) is 32.9 Å². The predicted molar refractivity (Wildman–Crippen MR) is 159 cm³/mol. The van der Waals surface area contributed by atoms with E-state index in [0.717, 1.165) is 30.8 Å². The number of benzene rings is 4. The molecule has 0 amide bonds. The maximum Gasteiger partial charge on any atom is 0.119 e. The standard InChI is InChI=1S/C33H37NO4.ClH/c35-22-30-20-34-21-32(38-24-26-11-12-27-9-4-5-10-29(27)19-26)33(30)28-13-15-31(16-14-28)37-18-6-17-36-23-25-7-2-1-3-8-25;/h1-5,7-16,19,30,32-35H,6,17-18,20-24H2;1H. The molecule has 0 spiro atoms. The Kier molecular flexibility index (Phi) is 11.2. The highest BCUT2D eigenvalue weighted by atomic mass is 35.5. The zero-order chi connectivity index (χ0) is 26.0. The van der Waals surface area contributed by atoms with Gasteiger partial charge in [-0.05, 0) is 45.7 Å². The van der Waals surface area contributed by atoms with Crippen molar-refractivity contribution >= 4 is 23.2 Å². The van der Waals surface area contributed by atoms with E-state index in [9.17, 15) is 5.11 Å². The van der Waals surface area contributed by atoms with Gasteiger partial charge in [-0.1, -0.05) is 78.9 Å². The van der Waals surface area contributed by atoms with Crippen LogP contribution < -0.4 is 10.1 Å². The van der Waals surface area contributed by atoms with Crippen LogP contribution in [-0.2, 0) is 22.7 Å². The molecule has 0 bridgehead atoms. The van der Waals surface area contributed by atoms with Crippen molar-refractivity contribution in [2.45, 2.75) is 31.7 Å². The van der Waals surface area contributed by atoms with Gasteiger partial charge in [-0.25, -0.2) is 0 Å². The smallest absolute Gasteiger partial charge is 0.119 e. The molecule has 4 aromatic rings. The average molecular weight is 548 g/mol. The van der Waals surface area contributed by atoms with Crippen molar-refractivity contribution < 1.29 is 19.3 Å². The molecule has 1 aliphatic heterocycles. The molecule has 3 atom stereocenters. The second-order valence-corrected chi connectivity index (χ2v) is 9.97. The number of nitrogens with one attached hydrogen (secondary N) is 1. The molecule has 206 valence electrons. The third-order valence-corrected chi connectivity index (χ3v) is 7.25. The number of aliphatic hydroxyl groups is 1. The van der Waals surface area contributed by atoms with Crippen molar-refractivity contribution in [1.82, 2.24) is 5.32 Å². The van der Waals surface area contributed by atoms with E-state index in [4.69, 9.17) is 14.2 Å². The fraction of sp³-hybridized carbons (Fsp3) is 0.333. The Morgan fingerprint density at radius 2 is 1.51 bits per heavy atom. The molecule has 1 saturated heterocycles. The Balaban J connectivity index is 0.00000353. The Bertz CT molecular complexity index is 1270. The molecule has 1 fully saturated rings. The van der Waals surface area contributed by atoms with E-state index in [1.165, 1.54) is 21.9 Å². The molecule has 3 unspecified atom stereocenters. The minimum absolute atomic E-state index is 0. The fourth-order valence-electron chi connectivity index (χ4n) is 5.23. The number of aliphatic hydroxyl groups excluding tert-OH is 1. The van der Waals surface area contributed by atoms with Gasteiger partial charge in [-0.3, -0.25) is 0 Å². The van der Waals surface area contributed by atoms with Crippen LogP contribution in [0.5, 0.6) is 5.75 Å². The molecule has 5 nitrogen and oxygen atoms in total. The molecular formula is C33H38ClNO4. The van der Waals surface area contributed by atoms with Crippen molar-refractivity contribution in [3.63, 3.8) is 0 Å². The van der Waals surface area contributed by atoms with Crippen LogP contribution in [0.15, 0.2) is 97.1 Å². The number of halogens is 1. The van der Waals surface area contributed by atoms with Gasteiger partial charge in [0.1, 0.15) is 5.75 Å². The molecule has 0 aliphatic carbocycles. The van der Waals surface area contributed by atoms with Crippen LogP contribution in [0.1, 0.15) is 29.0 Å². The quantitative estimate of drug-likeness (QED) is 0.209. The van der Waals surface area contributed by atoms with Gasteiger partial charge < -0.3 is 24.6 Å². The molecule has 1 aliphatic rings. The Morgan fingerprint density at radius 3 is 2.31 bits per heavy atom. The Hall–Kier alpha value is -2.93. The molecule has 6 heteroatoms. The molecule has 0 aromatic heterocycles. The summed E-state index contributed by atoms with van der Waals surface area (Å²) < 4.78 is 18.2. The summed E-state index contributed by atoms with van der Waals surface area (Å²) in [5.41, 5.74) is 3.51. The van der Waals surface area contributed by atoms with Gasteiger partial charge in [0.25, 0.3) is 0 Å². The van der Waals surface area contributed by atoms with Crippen molar-refractivity contribution in [3.05, 3.63) is 114 Å². The van der Waals surface area contributed by atoms with Crippen LogP contribution in [0, 0.1) is 5.92 Å². The lowest BCUT2D eigenvalue weighted by Gasteiger charge is -2.38. The first-order chi connectivity index (χ1) is 18.8. The van der Waals surface area contributed by atoms with E-state index in [1.807, 2.05) is 30.3 Å². The molecule has 5 rings (SSSR count). The first kappa shape index (κ1) is 29.1. The summed E-state index contributed by atoms with van der Waals surface area (Å²) in [6.07, 6.45) is 0.807. The van der Waals surface area contributed by atoms with E-state index >= 15 is 0 Å². The van der Waals surface area contributed by atoms with Gasteiger partial charge in [0.15, 0.2) is 0 Å². The summed E-state index contributed by atoms with van der Waals surface area (Å²) in [6.45, 7) is 4.10. The highest BCUT2D eigenvalue weighted by molar-refractivity contribution is 5.85. The van der Waals surface area contributed by atoms with Crippen LogP contribution in [0.3, 0.4) is 0 Å². The molecule has 4 aromatic carbocycles. The van der Waals surface area contributed by atoms with E-state index in [2.05, 4.69) is 72.0 Å². The Labute approximate surface area is 237 Å². The summed E-state index contributed by atoms with van der Waals surface area (Å²) in [5.74, 6) is 1.06. The fourth-order valence-corrected chi connectivity index (χ4v) is 5.23. The minimum Gasteiger partial charge on any atom is -0.494 e. The Morgan fingerprint density at radius 1 is 0.744 bits per heavy atom. The number of piperidine rings is 1. The summed E-state index contributed by atoms with van der Waals surface area (Å²) in [7, 11) is 0. The van der Waals surface area contributed by atoms with E-state index in [1.54, 1.807) is 0 Å². The maximum absolute atomic E-state index is 10.1. The van der Waals surface area contributed by atoms with E-state index in [0.29, 0.717) is 26.4 Å². The monoisotopic (exact) mass is 547 g/mol. The topological polar surface area (TPSA) is 60.0 Å². The number of hydrogen-bond acceptors (Lipinski definition) is 5. The van der Waals surface area contributed by atoms with Crippen molar-refractivity contribution in [3.8, 4) is 5.75 Å². The summed E-state index contributed by atoms with van der Waals surface area (Å²) >= 11 is 0. The predicted octanol–water partition coefficient (Wildman–Crippen LogP) is 6.13. The largest absolute Gasteiger partial charge is 0.494 e. The van der Waals surface area contributed by atoms with Gasteiger partial charge in [0.2, 0.25) is 0 Å². The highest BCUT2D eigenvalue weighted by Crippen LogP contribution is 2.34. The normalized spacial score (nSPS) is 18.9. The molecule has 39 heavy (non-hydrogen) atoms. The van der Waals surface area contributed by atoms with E-state index < -0.39 is 0 Å². The van der Waals surface area contributed by atoms with Crippen LogP contribution in [0.25, 0.3) is 10.8 Å². The van der Waals surface area contributed by atoms with Crippen molar-refractivity contribution in [2.24, 2.45) is 5.92 Å². The molecule has 2 N–H and O–H groups in total. The average Bonchev–Trinajstić information content (AvgIpc) is 2.98. The summed E-state index contributed by atoms with van der Waals surface area (Å²) in [5, 5.41) is 16.0. The molecule has 0 saturated carbocycles. The number of ether oxygens (including phenoxy) is 3. The van der Waals surface area contributed by atoms with Gasteiger partial charge >= 0.3 is 0 Å². The lowest BCUT2D eigenvalue weighted by Crippen LogP contribution is -2.47. The van der Waals surface area contributed by atoms with Gasteiger partial charge in [-0.15, -0.1) is 12.4 Å². The highest BCUT2D eigenvalue weighted by Gasteiger charge is 2.34. The van der Waals surface area contributed by atoms with Crippen LogP contribution in [0.2, 0.25) is 0 Å². The zero-order valence-corrected chi connectivity index (χ0v) is 23.0. The van der Waals surface area contributed by atoms with Gasteiger partial charge in [-0.2, -0.15) is 0 Å². The summed E-state index contributed by atoms with van der Waals surface area (Å²) in [4.78, 5) is 0. The lowest BCUT2D eigenvalue weighted by atomic mass is 9.79. The van der Waals surface area contributed by atoms with E-state index in [-0.39, 0.29) is 37.0 Å². The number of fused-ring (bicyclic) bond motifs is 1. The SMILES string of the molecule is Cl.OCC1CNCC(OCc2ccc3ccccc3c2)C1c1ccc(OCCCOCc2ccccc2)cc1. The number of rotatable bonds is 12. The molecule has 0 radical (unpaired) electrons. The van der Waals surface area contributed by atoms with Crippen LogP contribution in [-0.4, -0.2) is 44.1 Å². The van der Waals surface area contributed by atoms with Crippen LogP contribution in [0.4, 0.5) is 0 Å². The van der Waals surface area contributed by atoms with Crippen LogP contribution >= 0.6 is 12.4 Å². The molecule has 1 heterocycles. The number of hydrogen-bond donors (Lipinski definition) is 2. The maximum atomic E-state index is 10.1. The van der Waals surface area contributed by atoms with Crippen molar-refractivity contribution in [1.29, 1.82) is 0 Å². The summed E-state index contributed by atoms with van der Waals surface area (Å²) in [6, 6.07) is 33.3. The minimum atomic E-state index is -0.0269. The molecular weight excluding hydrogens is 510 g/mol. The first-order valence-electron chi connectivity index (χ1n) is 13.6. The first-order valence-corrected chi connectivity index (χ1v) is 13.6. The van der Waals surface area contributed by atoms with Gasteiger partial charge in [0.05, 0.1) is 32.5 Å². The third-order valence-electron chi connectivity index (χ3n) is 7.25. The lowest BCUT2D eigenvalue weighted by molar-refractivity contribution is -0.0151. The zero-order valence-electron chi connectivity index (χ0n) is 22.2. The van der Waals surface area contributed by atoms with Gasteiger partial charge in [0, 0.05) is 38.0 Å².